The normalized spacial score (nSPS) is 12.2. The topological polar surface area (TPSA) is 9.23 Å². The third-order valence-corrected chi connectivity index (χ3v) is 5.13. The maximum absolute atomic E-state index is 14.2. The predicted molar refractivity (Wildman–Crippen MR) is 111 cm³/mol. The lowest BCUT2D eigenvalue weighted by molar-refractivity contribution is -0.432. The summed E-state index contributed by atoms with van der Waals surface area (Å²) in [5.74, 6) is -3.68. The number of aryl methyl sites for hydroxylation is 3. The fourth-order valence-electron chi connectivity index (χ4n) is 3.53. The first kappa shape index (κ1) is 24.8. The Labute approximate surface area is 186 Å². The van der Waals surface area contributed by atoms with Crippen LogP contribution in [0.5, 0.6) is 0 Å². The van der Waals surface area contributed by atoms with E-state index in [1.54, 1.807) is 24.3 Å². The molecule has 0 aliphatic rings. The highest BCUT2D eigenvalue weighted by molar-refractivity contribution is 5.64. The molecular weight excluding hydrogens is 449 g/mol. The van der Waals surface area contributed by atoms with Crippen molar-refractivity contribution in [3.8, 4) is 11.1 Å². The van der Waals surface area contributed by atoms with Gasteiger partial charge in [-0.25, -0.2) is 13.5 Å². The van der Waals surface area contributed by atoms with Gasteiger partial charge in [0, 0.05) is 0 Å². The largest absolute Gasteiger partial charge is 0.527 e. The molecule has 0 N–H and O–H groups in total. The van der Waals surface area contributed by atoms with Crippen LogP contribution in [-0.4, -0.2) is 6.36 Å². The van der Waals surface area contributed by atoms with Crippen molar-refractivity contribution in [2.45, 2.75) is 45.1 Å². The highest BCUT2D eigenvalue weighted by atomic mass is 19.4. The Morgan fingerprint density at radius 3 is 1.48 bits per heavy atom. The van der Waals surface area contributed by atoms with Gasteiger partial charge in [0.2, 0.25) is 0 Å². The van der Waals surface area contributed by atoms with Crippen molar-refractivity contribution < 1.29 is 35.5 Å². The number of alkyl halides is 5. The average molecular weight is 470 g/mol. The second kappa shape index (κ2) is 9.95. The van der Waals surface area contributed by atoms with Crippen molar-refractivity contribution in [1.29, 1.82) is 0 Å². The SMILES string of the molecule is CCCc1ccc(CCc2ccc(-c3cc(F)c(C(F)(F)OC(F)(F)F)c(F)c3)cc2)cc1. The van der Waals surface area contributed by atoms with Gasteiger partial charge < -0.3 is 0 Å². The van der Waals surface area contributed by atoms with Crippen molar-refractivity contribution in [2.24, 2.45) is 0 Å². The van der Waals surface area contributed by atoms with Gasteiger partial charge in [0.25, 0.3) is 0 Å². The van der Waals surface area contributed by atoms with Crippen LogP contribution in [0.4, 0.5) is 30.7 Å². The van der Waals surface area contributed by atoms with Crippen molar-refractivity contribution in [3.05, 3.63) is 94.6 Å². The molecule has 3 aromatic carbocycles. The molecule has 0 spiro atoms. The van der Waals surface area contributed by atoms with Gasteiger partial charge in [0.05, 0.1) is 0 Å². The zero-order valence-electron chi connectivity index (χ0n) is 17.7. The van der Waals surface area contributed by atoms with Crippen molar-refractivity contribution in [2.75, 3.05) is 0 Å². The standard InChI is InChI=1S/C25H21F7O/c1-2-3-16-4-6-17(7-5-16)8-9-18-10-12-19(13-11-18)20-14-21(26)23(22(27)15-20)24(28,29)33-25(30,31)32/h4-7,10-15H,2-3,8-9H2,1H3. The molecule has 0 radical (unpaired) electrons. The summed E-state index contributed by atoms with van der Waals surface area (Å²) in [4.78, 5) is 0. The van der Waals surface area contributed by atoms with E-state index in [4.69, 9.17) is 0 Å². The average Bonchev–Trinajstić information content (AvgIpc) is 2.71. The van der Waals surface area contributed by atoms with Crippen LogP contribution in [0, 0.1) is 11.6 Å². The van der Waals surface area contributed by atoms with Crippen molar-refractivity contribution >= 4 is 0 Å². The van der Waals surface area contributed by atoms with Crippen LogP contribution < -0.4 is 0 Å². The second-order valence-electron chi connectivity index (χ2n) is 7.64. The maximum atomic E-state index is 14.2. The van der Waals surface area contributed by atoms with E-state index in [2.05, 4.69) is 35.9 Å². The fraction of sp³-hybridized carbons (Fsp3) is 0.280. The zero-order chi connectivity index (χ0) is 24.2. The molecule has 8 heteroatoms. The first-order valence-electron chi connectivity index (χ1n) is 10.3. The molecule has 0 saturated heterocycles. The van der Waals surface area contributed by atoms with E-state index in [-0.39, 0.29) is 5.56 Å². The predicted octanol–water partition coefficient (Wildman–Crippen LogP) is 7.96. The molecule has 3 aromatic rings. The van der Waals surface area contributed by atoms with Crippen LogP contribution in [0.1, 0.15) is 35.6 Å². The second-order valence-corrected chi connectivity index (χ2v) is 7.64. The number of halogens is 7. The van der Waals surface area contributed by atoms with E-state index < -0.39 is 29.7 Å². The summed E-state index contributed by atoms with van der Waals surface area (Å²) in [7, 11) is 0. The number of ether oxygens (including phenoxy) is 1. The van der Waals surface area contributed by atoms with Gasteiger partial charge >= 0.3 is 12.5 Å². The van der Waals surface area contributed by atoms with E-state index in [1.807, 2.05) is 0 Å². The Bertz CT molecular complexity index is 1050. The first-order valence-corrected chi connectivity index (χ1v) is 10.3. The lowest BCUT2D eigenvalue weighted by atomic mass is 9.98. The zero-order valence-corrected chi connectivity index (χ0v) is 17.7. The summed E-state index contributed by atoms with van der Waals surface area (Å²) >= 11 is 0. The monoisotopic (exact) mass is 470 g/mol. The smallest absolute Gasteiger partial charge is 0.222 e. The Hall–Kier alpha value is -2.87. The lowest BCUT2D eigenvalue weighted by Gasteiger charge is -2.20. The molecular formula is C25H21F7O. The number of rotatable bonds is 8. The van der Waals surface area contributed by atoms with Gasteiger partial charge in [-0.05, 0) is 59.2 Å². The lowest BCUT2D eigenvalue weighted by Crippen LogP contribution is -2.29. The number of hydrogen-bond donors (Lipinski definition) is 0. The van der Waals surface area contributed by atoms with Gasteiger partial charge in [-0.1, -0.05) is 61.9 Å². The molecule has 0 saturated carbocycles. The Balaban J connectivity index is 1.72. The highest BCUT2D eigenvalue weighted by Gasteiger charge is 2.49. The minimum absolute atomic E-state index is 0.0883. The summed E-state index contributed by atoms with van der Waals surface area (Å²) in [6.45, 7) is 2.12. The summed E-state index contributed by atoms with van der Waals surface area (Å²) < 4.78 is 94.6. The fourth-order valence-corrected chi connectivity index (χ4v) is 3.53. The van der Waals surface area contributed by atoms with Crippen LogP contribution in [0.25, 0.3) is 11.1 Å². The van der Waals surface area contributed by atoms with Crippen LogP contribution in [0.2, 0.25) is 0 Å². The van der Waals surface area contributed by atoms with Crippen molar-refractivity contribution in [3.63, 3.8) is 0 Å². The van der Waals surface area contributed by atoms with Gasteiger partial charge in [0.15, 0.2) is 0 Å². The van der Waals surface area contributed by atoms with Gasteiger partial charge in [-0.3, -0.25) is 0 Å². The molecule has 176 valence electrons. The van der Waals surface area contributed by atoms with Crippen LogP contribution >= 0.6 is 0 Å². The van der Waals surface area contributed by atoms with E-state index in [1.165, 1.54) is 11.1 Å². The maximum Gasteiger partial charge on any atom is 0.527 e. The quantitative estimate of drug-likeness (QED) is 0.304. The molecule has 0 aliphatic carbocycles. The molecule has 0 unspecified atom stereocenters. The number of benzene rings is 3. The van der Waals surface area contributed by atoms with Gasteiger partial charge in [-0.15, -0.1) is 13.2 Å². The van der Waals surface area contributed by atoms with Crippen LogP contribution in [0.3, 0.4) is 0 Å². The highest BCUT2D eigenvalue weighted by Crippen LogP contribution is 2.40. The molecule has 1 nitrogen and oxygen atoms in total. The molecule has 3 rings (SSSR count). The Kier molecular flexibility index (Phi) is 7.47. The molecule has 0 fully saturated rings. The third-order valence-electron chi connectivity index (χ3n) is 5.13. The minimum atomic E-state index is -5.77. The van der Waals surface area contributed by atoms with Crippen LogP contribution in [0.15, 0.2) is 60.7 Å². The van der Waals surface area contributed by atoms with Gasteiger partial charge in [0.1, 0.15) is 17.2 Å². The third kappa shape index (κ3) is 6.57. The number of hydrogen-bond acceptors (Lipinski definition) is 1. The molecule has 0 amide bonds. The molecule has 33 heavy (non-hydrogen) atoms. The summed E-state index contributed by atoms with van der Waals surface area (Å²) in [5.41, 5.74) is 1.55. The van der Waals surface area contributed by atoms with Crippen molar-refractivity contribution in [1.82, 2.24) is 0 Å². The molecule has 0 aromatic heterocycles. The summed E-state index contributed by atoms with van der Waals surface area (Å²) in [6, 6.07) is 16.1. The van der Waals surface area contributed by atoms with E-state index >= 15 is 0 Å². The van der Waals surface area contributed by atoms with E-state index in [0.29, 0.717) is 17.7 Å². The molecule has 0 aliphatic heterocycles. The Morgan fingerprint density at radius 1 is 0.636 bits per heavy atom. The molecule has 0 heterocycles. The van der Waals surface area contributed by atoms with E-state index in [9.17, 15) is 30.7 Å². The van der Waals surface area contributed by atoms with Crippen LogP contribution in [-0.2, 0) is 30.1 Å². The minimum Gasteiger partial charge on any atom is -0.222 e. The van der Waals surface area contributed by atoms with Gasteiger partial charge in [-0.2, -0.15) is 8.78 Å². The summed E-state index contributed by atoms with van der Waals surface area (Å²) in [6.07, 6.45) is -7.37. The summed E-state index contributed by atoms with van der Waals surface area (Å²) in [5, 5.41) is 0. The first-order chi connectivity index (χ1) is 15.5. The molecule has 0 bridgehead atoms. The molecule has 0 atom stereocenters. The van der Waals surface area contributed by atoms with E-state index in [0.717, 1.165) is 31.2 Å². The Morgan fingerprint density at radius 2 is 1.06 bits per heavy atom.